The lowest BCUT2D eigenvalue weighted by molar-refractivity contribution is -0.133. The zero-order valence-electron chi connectivity index (χ0n) is 18.2. The van der Waals surface area contributed by atoms with Gasteiger partial charge in [-0.1, -0.05) is 6.07 Å². The molecule has 6 heteroatoms. The average molecular weight is 402 g/mol. The van der Waals surface area contributed by atoms with Gasteiger partial charge in [0.2, 0.25) is 5.91 Å². The number of piperidine rings is 1. The maximum absolute atomic E-state index is 13.1. The van der Waals surface area contributed by atoms with Crippen molar-refractivity contribution >= 4 is 5.91 Å². The molecule has 3 aliphatic rings. The molecule has 0 N–H and O–H groups in total. The summed E-state index contributed by atoms with van der Waals surface area (Å²) in [5.41, 5.74) is 1.53. The number of methoxy groups -OCH3 is 2. The van der Waals surface area contributed by atoms with Crippen LogP contribution in [0, 0.1) is 11.3 Å². The Balaban J connectivity index is 1.29. The number of rotatable bonds is 5. The van der Waals surface area contributed by atoms with Crippen molar-refractivity contribution in [3.05, 3.63) is 23.8 Å². The first-order valence-corrected chi connectivity index (χ1v) is 11.0. The first-order chi connectivity index (χ1) is 14.0. The first kappa shape index (κ1) is 20.5. The van der Waals surface area contributed by atoms with Crippen LogP contribution in [0.1, 0.15) is 31.2 Å². The minimum absolute atomic E-state index is 0.272. The fraction of sp³-hybridized carbons (Fsp3) is 0.696. The van der Waals surface area contributed by atoms with Crippen LogP contribution in [0.4, 0.5) is 0 Å². The van der Waals surface area contributed by atoms with E-state index in [1.165, 1.54) is 5.56 Å². The lowest BCUT2D eigenvalue weighted by Gasteiger charge is -2.33. The largest absolute Gasteiger partial charge is 0.493 e. The van der Waals surface area contributed by atoms with Gasteiger partial charge in [0.25, 0.3) is 0 Å². The van der Waals surface area contributed by atoms with E-state index in [9.17, 15) is 4.79 Å². The van der Waals surface area contributed by atoms with Crippen molar-refractivity contribution in [2.45, 2.75) is 32.2 Å². The fourth-order valence-electron chi connectivity index (χ4n) is 5.13. The molecular weight excluding hydrogens is 366 g/mol. The summed E-state index contributed by atoms with van der Waals surface area (Å²) >= 11 is 0. The van der Waals surface area contributed by atoms with E-state index in [1.54, 1.807) is 14.2 Å². The molecule has 160 valence electrons. The Morgan fingerprint density at radius 3 is 2.52 bits per heavy atom. The molecule has 1 spiro atoms. The predicted molar refractivity (Wildman–Crippen MR) is 113 cm³/mol. The number of likely N-dealkylation sites (tertiary alicyclic amines) is 1. The zero-order valence-corrected chi connectivity index (χ0v) is 18.2. The molecule has 1 aromatic rings. The van der Waals surface area contributed by atoms with Gasteiger partial charge in [0.1, 0.15) is 0 Å². The number of carbonyl (C=O) groups excluding carboxylic acids is 1. The molecule has 1 saturated carbocycles. The summed E-state index contributed by atoms with van der Waals surface area (Å²) in [5, 5.41) is 0. The van der Waals surface area contributed by atoms with Crippen molar-refractivity contribution in [3.8, 4) is 11.5 Å². The van der Waals surface area contributed by atoms with Crippen LogP contribution >= 0.6 is 0 Å². The number of likely N-dealkylation sites (N-methyl/N-ethyl adjacent to an activating group) is 1. The van der Waals surface area contributed by atoms with Gasteiger partial charge in [0.05, 0.1) is 14.2 Å². The number of hydrogen-bond donors (Lipinski definition) is 0. The number of nitrogens with zero attached hydrogens (tertiary/aromatic N) is 3. The van der Waals surface area contributed by atoms with Gasteiger partial charge >= 0.3 is 0 Å². The van der Waals surface area contributed by atoms with E-state index >= 15 is 0 Å². The molecular formula is C23H35N3O3. The third-order valence-corrected chi connectivity index (χ3v) is 7.22. The van der Waals surface area contributed by atoms with Crippen LogP contribution in [0.5, 0.6) is 11.5 Å². The Hall–Kier alpha value is -1.79. The molecule has 2 heterocycles. The van der Waals surface area contributed by atoms with E-state index in [4.69, 9.17) is 9.47 Å². The molecule has 0 aromatic heterocycles. The van der Waals surface area contributed by atoms with Gasteiger partial charge < -0.3 is 19.3 Å². The monoisotopic (exact) mass is 401 g/mol. The number of hydrogen-bond acceptors (Lipinski definition) is 5. The van der Waals surface area contributed by atoms with Gasteiger partial charge in [-0.05, 0) is 75.5 Å². The Morgan fingerprint density at radius 2 is 1.79 bits per heavy atom. The molecule has 2 saturated heterocycles. The molecule has 1 aromatic carbocycles. The highest BCUT2D eigenvalue weighted by Gasteiger charge is 2.59. The third-order valence-electron chi connectivity index (χ3n) is 7.22. The standard InChI is InChI=1S/C23H35N3O3/c1-24-9-4-10-26(14-13-24)22(27)19-16-23(19)7-11-25(12-8-23)17-18-5-6-20(28-2)21(15-18)29-3/h5-6,15,19H,4,7-14,16-17H2,1-3H3. The minimum Gasteiger partial charge on any atom is -0.493 e. The second kappa shape index (κ2) is 8.52. The summed E-state index contributed by atoms with van der Waals surface area (Å²) in [4.78, 5) is 20.0. The molecule has 3 fully saturated rings. The number of ether oxygens (including phenoxy) is 2. The van der Waals surface area contributed by atoms with Crippen LogP contribution < -0.4 is 9.47 Å². The summed E-state index contributed by atoms with van der Waals surface area (Å²) in [6, 6.07) is 6.17. The Labute approximate surface area is 174 Å². The van der Waals surface area contributed by atoms with Crippen LogP contribution in [-0.2, 0) is 11.3 Å². The highest BCUT2D eigenvalue weighted by atomic mass is 16.5. The Morgan fingerprint density at radius 1 is 1.03 bits per heavy atom. The van der Waals surface area contributed by atoms with Gasteiger partial charge in [-0.3, -0.25) is 9.69 Å². The normalized spacial score (nSPS) is 24.9. The Kier molecular flexibility index (Phi) is 6.02. The maximum atomic E-state index is 13.1. The van der Waals surface area contributed by atoms with Gasteiger partial charge in [-0.2, -0.15) is 0 Å². The van der Waals surface area contributed by atoms with Gasteiger partial charge in [-0.25, -0.2) is 0 Å². The summed E-state index contributed by atoms with van der Waals surface area (Å²) in [7, 11) is 5.50. The van der Waals surface area contributed by atoms with Crippen molar-refractivity contribution in [1.29, 1.82) is 0 Å². The highest BCUT2D eigenvalue weighted by Crippen LogP contribution is 2.60. The Bertz CT molecular complexity index is 730. The van der Waals surface area contributed by atoms with E-state index in [0.717, 1.165) is 83.0 Å². The third kappa shape index (κ3) is 4.38. The van der Waals surface area contributed by atoms with Crippen molar-refractivity contribution in [1.82, 2.24) is 14.7 Å². The van der Waals surface area contributed by atoms with Gasteiger partial charge in [0, 0.05) is 32.1 Å². The fourth-order valence-corrected chi connectivity index (χ4v) is 5.13. The van der Waals surface area contributed by atoms with Crippen LogP contribution in [0.15, 0.2) is 18.2 Å². The van der Waals surface area contributed by atoms with Crippen LogP contribution in [0.2, 0.25) is 0 Å². The molecule has 0 bridgehead atoms. The second-order valence-corrected chi connectivity index (χ2v) is 9.07. The maximum Gasteiger partial charge on any atom is 0.226 e. The summed E-state index contributed by atoms with van der Waals surface area (Å²) in [5.74, 6) is 2.25. The molecule has 1 unspecified atom stereocenters. The molecule has 2 aliphatic heterocycles. The number of amides is 1. The van der Waals surface area contributed by atoms with E-state index < -0.39 is 0 Å². The van der Waals surface area contributed by atoms with E-state index in [0.29, 0.717) is 5.91 Å². The van der Waals surface area contributed by atoms with Crippen LogP contribution in [0.3, 0.4) is 0 Å². The average Bonchev–Trinajstić information content (AvgIpc) is 3.49. The summed E-state index contributed by atoms with van der Waals surface area (Å²) in [6.45, 7) is 7.00. The zero-order chi connectivity index (χ0) is 20.4. The molecule has 0 radical (unpaired) electrons. The molecule has 1 amide bonds. The minimum atomic E-state index is 0.272. The van der Waals surface area contributed by atoms with Crippen LogP contribution in [-0.4, -0.2) is 81.1 Å². The lowest BCUT2D eigenvalue weighted by Crippen LogP contribution is -2.39. The number of benzene rings is 1. The van der Waals surface area contributed by atoms with Gasteiger partial charge in [0.15, 0.2) is 11.5 Å². The van der Waals surface area contributed by atoms with E-state index in [2.05, 4.69) is 33.9 Å². The van der Waals surface area contributed by atoms with Crippen molar-refractivity contribution in [2.24, 2.45) is 11.3 Å². The highest BCUT2D eigenvalue weighted by molar-refractivity contribution is 5.82. The van der Waals surface area contributed by atoms with Crippen molar-refractivity contribution in [3.63, 3.8) is 0 Å². The van der Waals surface area contributed by atoms with Crippen LogP contribution in [0.25, 0.3) is 0 Å². The molecule has 1 aliphatic carbocycles. The lowest BCUT2D eigenvalue weighted by atomic mass is 9.90. The SMILES string of the molecule is COc1ccc(CN2CCC3(CC2)CC3C(=O)N2CCCN(C)CC2)cc1OC. The summed E-state index contributed by atoms with van der Waals surface area (Å²) in [6.07, 6.45) is 4.48. The molecule has 6 nitrogen and oxygen atoms in total. The van der Waals surface area contributed by atoms with Crippen molar-refractivity contribution in [2.75, 3.05) is 60.5 Å². The smallest absolute Gasteiger partial charge is 0.226 e. The summed E-state index contributed by atoms with van der Waals surface area (Å²) < 4.78 is 10.8. The first-order valence-electron chi connectivity index (χ1n) is 11.0. The van der Waals surface area contributed by atoms with Gasteiger partial charge in [-0.15, -0.1) is 0 Å². The van der Waals surface area contributed by atoms with E-state index in [1.807, 2.05) is 6.07 Å². The van der Waals surface area contributed by atoms with Crippen molar-refractivity contribution < 1.29 is 14.3 Å². The number of carbonyl (C=O) groups is 1. The topological polar surface area (TPSA) is 45.2 Å². The van der Waals surface area contributed by atoms with E-state index in [-0.39, 0.29) is 11.3 Å². The molecule has 29 heavy (non-hydrogen) atoms. The molecule has 4 rings (SSSR count). The molecule has 1 atom stereocenters. The quantitative estimate of drug-likeness (QED) is 0.759. The second-order valence-electron chi connectivity index (χ2n) is 9.07. The predicted octanol–water partition coefficient (Wildman–Crippen LogP) is 2.47.